The van der Waals surface area contributed by atoms with Crippen molar-refractivity contribution in [2.75, 3.05) is 7.05 Å². The normalized spacial score (nSPS) is 17.8. The van der Waals surface area contributed by atoms with Crippen molar-refractivity contribution in [3.05, 3.63) is 30.3 Å². The van der Waals surface area contributed by atoms with Crippen molar-refractivity contribution < 1.29 is 9.90 Å². The van der Waals surface area contributed by atoms with Gasteiger partial charge in [0.05, 0.1) is 5.37 Å². The maximum atomic E-state index is 10.7. The molecule has 2 N–H and O–H groups in total. The Morgan fingerprint density at radius 3 is 2.65 bits per heavy atom. The first-order chi connectivity index (χ1) is 9.56. The average Bonchev–Trinajstić information content (AvgIpc) is 3.21. The monoisotopic (exact) mass is 294 g/mol. The molecular formula is C15H22N2O2S. The van der Waals surface area contributed by atoms with Crippen LogP contribution in [-0.2, 0) is 0 Å². The van der Waals surface area contributed by atoms with Crippen molar-refractivity contribution in [1.82, 2.24) is 10.2 Å². The molecule has 1 saturated carbocycles. The van der Waals surface area contributed by atoms with Gasteiger partial charge in [0.15, 0.2) is 0 Å². The smallest absolute Gasteiger partial charge is 0.404 e. The second-order valence-electron chi connectivity index (χ2n) is 5.37. The molecule has 0 saturated heterocycles. The van der Waals surface area contributed by atoms with Crippen molar-refractivity contribution in [3.63, 3.8) is 0 Å². The highest BCUT2D eigenvalue weighted by Crippen LogP contribution is 2.35. The van der Waals surface area contributed by atoms with Gasteiger partial charge in [0.2, 0.25) is 0 Å². The van der Waals surface area contributed by atoms with Crippen molar-refractivity contribution >= 4 is 17.9 Å². The SMILES string of the molecule is C[C@H](C[C@H](Sc1ccccc1)N(C)C1CC1)NC(=O)O. The molecule has 2 atom stereocenters. The molecule has 20 heavy (non-hydrogen) atoms. The third-order valence-corrected chi connectivity index (χ3v) is 4.86. The quantitative estimate of drug-likeness (QED) is 0.599. The molecule has 1 fully saturated rings. The summed E-state index contributed by atoms with van der Waals surface area (Å²) in [7, 11) is 2.14. The predicted molar refractivity (Wildman–Crippen MR) is 82.1 cm³/mol. The first kappa shape index (κ1) is 15.2. The molecule has 2 rings (SSSR count). The lowest BCUT2D eigenvalue weighted by atomic mass is 10.2. The Kier molecular flexibility index (Phi) is 5.31. The molecule has 1 aliphatic carbocycles. The Hall–Kier alpha value is -1.20. The zero-order valence-electron chi connectivity index (χ0n) is 12.0. The lowest BCUT2D eigenvalue weighted by molar-refractivity contribution is 0.187. The molecule has 1 aliphatic rings. The summed E-state index contributed by atoms with van der Waals surface area (Å²) in [6.45, 7) is 1.92. The number of benzene rings is 1. The molecular weight excluding hydrogens is 272 g/mol. The molecule has 0 radical (unpaired) electrons. The van der Waals surface area contributed by atoms with Gasteiger partial charge in [-0.1, -0.05) is 18.2 Å². The van der Waals surface area contributed by atoms with E-state index in [4.69, 9.17) is 5.11 Å². The topological polar surface area (TPSA) is 52.6 Å². The minimum Gasteiger partial charge on any atom is -0.465 e. The van der Waals surface area contributed by atoms with E-state index >= 15 is 0 Å². The van der Waals surface area contributed by atoms with E-state index < -0.39 is 6.09 Å². The van der Waals surface area contributed by atoms with Gasteiger partial charge in [0, 0.05) is 17.0 Å². The lowest BCUT2D eigenvalue weighted by Crippen LogP contribution is -2.39. The number of carboxylic acid groups (broad SMARTS) is 1. The first-order valence-corrected chi connectivity index (χ1v) is 7.87. The fraction of sp³-hybridized carbons (Fsp3) is 0.533. The lowest BCUT2D eigenvalue weighted by Gasteiger charge is -2.29. The Labute approximate surface area is 124 Å². The van der Waals surface area contributed by atoms with Gasteiger partial charge in [-0.2, -0.15) is 0 Å². The zero-order chi connectivity index (χ0) is 14.5. The number of rotatable bonds is 7. The van der Waals surface area contributed by atoms with Crippen LogP contribution in [0.15, 0.2) is 35.2 Å². The van der Waals surface area contributed by atoms with Crippen LogP contribution in [0.2, 0.25) is 0 Å². The summed E-state index contributed by atoms with van der Waals surface area (Å²) >= 11 is 1.81. The molecule has 110 valence electrons. The summed E-state index contributed by atoms with van der Waals surface area (Å²) in [5, 5.41) is 11.7. The van der Waals surface area contributed by atoms with E-state index in [1.165, 1.54) is 17.7 Å². The summed E-state index contributed by atoms with van der Waals surface area (Å²) in [5.74, 6) is 0. The van der Waals surface area contributed by atoms with E-state index in [2.05, 4.69) is 29.4 Å². The van der Waals surface area contributed by atoms with Gasteiger partial charge in [-0.15, -0.1) is 11.8 Å². The van der Waals surface area contributed by atoms with Crippen molar-refractivity contribution in [1.29, 1.82) is 0 Å². The fourth-order valence-electron chi connectivity index (χ4n) is 2.24. The van der Waals surface area contributed by atoms with Gasteiger partial charge in [-0.25, -0.2) is 4.79 Å². The van der Waals surface area contributed by atoms with Crippen molar-refractivity contribution in [2.24, 2.45) is 0 Å². The van der Waals surface area contributed by atoms with Gasteiger partial charge in [-0.3, -0.25) is 4.90 Å². The van der Waals surface area contributed by atoms with E-state index in [1.54, 1.807) is 0 Å². The van der Waals surface area contributed by atoms with Gasteiger partial charge < -0.3 is 10.4 Å². The Morgan fingerprint density at radius 2 is 2.10 bits per heavy atom. The minimum atomic E-state index is -0.949. The molecule has 0 aliphatic heterocycles. The van der Waals surface area contributed by atoms with E-state index in [0.29, 0.717) is 11.4 Å². The fourth-order valence-corrected chi connectivity index (χ4v) is 3.59. The van der Waals surface area contributed by atoms with Crippen LogP contribution in [0.3, 0.4) is 0 Å². The first-order valence-electron chi connectivity index (χ1n) is 6.99. The van der Waals surface area contributed by atoms with Crippen LogP contribution in [0.5, 0.6) is 0 Å². The van der Waals surface area contributed by atoms with E-state index in [9.17, 15) is 4.79 Å². The zero-order valence-corrected chi connectivity index (χ0v) is 12.8. The Morgan fingerprint density at radius 1 is 1.45 bits per heavy atom. The van der Waals surface area contributed by atoms with E-state index in [0.717, 1.165) is 6.42 Å². The number of nitrogens with one attached hydrogen (secondary N) is 1. The molecule has 4 nitrogen and oxygen atoms in total. The third kappa shape index (κ3) is 4.72. The minimum absolute atomic E-state index is 0.0464. The van der Waals surface area contributed by atoms with Crippen LogP contribution in [0, 0.1) is 0 Å². The molecule has 0 spiro atoms. The molecule has 0 aromatic heterocycles. The van der Waals surface area contributed by atoms with Crippen LogP contribution in [0.25, 0.3) is 0 Å². The highest BCUT2D eigenvalue weighted by molar-refractivity contribution is 7.99. The molecule has 0 unspecified atom stereocenters. The predicted octanol–water partition coefficient (Wildman–Crippen LogP) is 3.25. The number of hydrogen-bond donors (Lipinski definition) is 2. The summed E-state index contributed by atoms with van der Waals surface area (Å²) in [5.41, 5.74) is 0. The van der Waals surface area contributed by atoms with Crippen molar-refractivity contribution in [3.8, 4) is 0 Å². The number of nitrogens with zero attached hydrogens (tertiary/aromatic N) is 1. The van der Waals surface area contributed by atoms with E-state index in [-0.39, 0.29) is 6.04 Å². The average molecular weight is 294 g/mol. The molecule has 0 bridgehead atoms. The molecule has 1 aromatic carbocycles. The number of hydrogen-bond acceptors (Lipinski definition) is 3. The third-order valence-electron chi connectivity index (χ3n) is 3.52. The van der Waals surface area contributed by atoms with Crippen LogP contribution in [-0.4, -0.2) is 40.6 Å². The Bertz CT molecular complexity index is 437. The summed E-state index contributed by atoms with van der Waals surface area (Å²) < 4.78 is 0. The summed E-state index contributed by atoms with van der Waals surface area (Å²) in [6.07, 6.45) is 2.36. The highest BCUT2D eigenvalue weighted by atomic mass is 32.2. The highest BCUT2D eigenvalue weighted by Gasteiger charge is 2.32. The van der Waals surface area contributed by atoms with Gasteiger partial charge in [-0.05, 0) is 45.4 Å². The van der Waals surface area contributed by atoms with Crippen LogP contribution in [0.4, 0.5) is 4.79 Å². The van der Waals surface area contributed by atoms with Crippen LogP contribution < -0.4 is 5.32 Å². The number of carbonyl (C=O) groups is 1. The number of amides is 1. The second kappa shape index (κ2) is 6.99. The molecule has 5 heteroatoms. The second-order valence-corrected chi connectivity index (χ2v) is 6.62. The maximum absolute atomic E-state index is 10.7. The molecule has 0 heterocycles. The van der Waals surface area contributed by atoms with E-state index in [1.807, 2.05) is 36.9 Å². The van der Waals surface area contributed by atoms with Gasteiger partial charge in [0.1, 0.15) is 0 Å². The Balaban J connectivity index is 1.98. The maximum Gasteiger partial charge on any atom is 0.404 e. The van der Waals surface area contributed by atoms with Gasteiger partial charge in [0.25, 0.3) is 0 Å². The summed E-state index contributed by atoms with van der Waals surface area (Å²) in [6, 6.07) is 10.9. The summed E-state index contributed by atoms with van der Waals surface area (Å²) in [4.78, 5) is 14.3. The number of thioether (sulfide) groups is 1. The molecule has 1 aromatic rings. The largest absolute Gasteiger partial charge is 0.465 e. The van der Waals surface area contributed by atoms with Gasteiger partial charge >= 0.3 is 6.09 Å². The van der Waals surface area contributed by atoms with Crippen LogP contribution in [0.1, 0.15) is 26.2 Å². The van der Waals surface area contributed by atoms with Crippen LogP contribution >= 0.6 is 11.8 Å². The standard InChI is InChI=1S/C15H22N2O2S/c1-11(16-15(18)19)10-14(17(2)12-8-9-12)20-13-6-4-3-5-7-13/h3-7,11-12,14,16H,8-10H2,1-2H3,(H,18,19)/t11-,14+/m1/s1. The van der Waals surface area contributed by atoms with Crippen molar-refractivity contribution in [2.45, 2.75) is 48.5 Å². The molecule has 1 amide bonds.